The molecule has 0 heterocycles. The second-order valence-electron chi connectivity index (χ2n) is 7.83. The normalized spacial score (nSPS) is 12.5. The van der Waals surface area contributed by atoms with Crippen LogP contribution in [0.4, 0.5) is 11.4 Å². The first kappa shape index (κ1) is 27.8. The number of hydrogen-bond acceptors (Lipinski definition) is 2. The standard InChI is InChI=1S/C29H38N2.Ni/c1-5-8-11-17-25-19-13-15-22-28(25)30-24(4)27(21-10-7-3)31-29-23-16-14-20-26(29)18-12-9-6-2;/h5-6,8-9,13-16,19-20,22-23H,7,10-12,17-18,21H2,1-4H3;/b8-5+,9-6+,30-24+,31-27+;. The van der Waals surface area contributed by atoms with E-state index in [1.807, 2.05) is 0 Å². The van der Waals surface area contributed by atoms with Crippen molar-refractivity contribution < 1.29 is 16.5 Å². The van der Waals surface area contributed by atoms with Crippen LogP contribution in [-0.4, -0.2) is 11.4 Å². The third-order valence-electron chi connectivity index (χ3n) is 5.34. The molecule has 0 atom stereocenters. The van der Waals surface area contributed by atoms with Crippen LogP contribution in [0.1, 0.15) is 70.9 Å². The van der Waals surface area contributed by atoms with Crippen LogP contribution in [-0.2, 0) is 29.3 Å². The van der Waals surface area contributed by atoms with Gasteiger partial charge in [-0.15, -0.1) is 0 Å². The number of nitrogens with zero attached hydrogens (tertiary/aromatic N) is 2. The number of aliphatic imine (C=N–C) groups is 2. The minimum Gasteiger partial charge on any atom is -0.252 e. The summed E-state index contributed by atoms with van der Waals surface area (Å²) in [7, 11) is 0. The fourth-order valence-corrected chi connectivity index (χ4v) is 3.53. The average Bonchev–Trinajstić information content (AvgIpc) is 2.79. The fourth-order valence-electron chi connectivity index (χ4n) is 3.53. The van der Waals surface area contributed by atoms with Crippen LogP contribution in [0.3, 0.4) is 0 Å². The Hall–Kier alpha value is -2.25. The summed E-state index contributed by atoms with van der Waals surface area (Å²) in [4.78, 5) is 10.2. The molecule has 0 aromatic heterocycles. The Balaban J connectivity index is 0.00000512. The van der Waals surface area contributed by atoms with Crippen molar-refractivity contribution in [1.29, 1.82) is 0 Å². The number of hydrogen-bond donors (Lipinski definition) is 0. The summed E-state index contributed by atoms with van der Waals surface area (Å²) in [5.74, 6) is 0. The number of benzene rings is 2. The van der Waals surface area contributed by atoms with E-state index in [1.54, 1.807) is 0 Å². The minimum atomic E-state index is 0. The first-order valence-corrected chi connectivity index (χ1v) is 11.7. The number of para-hydroxylation sites is 2. The Morgan fingerprint density at radius 3 is 1.78 bits per heavy atom. The zero-order chi connectivity index (χ0) is 22.3. The van der Waals surface area contributed by atoms with Gasteiger partial charge in [-0.3, -0.25) is 9.98 Å². The van der Waals surface area contributed by atoms with Crippen LogP contribution in [0.2, 0.25) is 0 Å². The second-order valence-corrected chi connectivity index (χ2v) is 7.83. The van der Waals surface area contributed by atoms with Gasteiger partial charge in [-0.25, -0.2) is 0 Å². The van der Waals surface area contributed by atoms with Crippen molar-refractivity contribution in [3.63, 3.8) is 0 Å². The van der Waals surface area contributed by atoms with Crippen molar-refractivity contribution in [1.82, 2.24) is 0 Å². The molecule has 0 aliphatic heterocycles. The SMILES string of the molecule is C/C=C/CCc1ccccc1/N=C(C)/C(CCCC)=N/c1ccccc1CC/C=C/C.[Ni]. The van der Waals surface area contributed by atoms with Crippen molar-refractivity contribution in [2.45, 2.75) is 72.6 Å². The van der Waals surface area contributed by atoms with Crippen LogP contribution in [0.25, 0.3) is 0 Å². The Bertz CT molecular complexity index is 922. The van der Waals surface area contributed by atoms with E-state index in [0.717, 1.165) is 67.7 Å². The second kappa shape index (κ2) is 16.4. The van der Waals surface area contributed by atoms with E-state index in [2.05, 4.69) is 101 Å². The zero-order valence-electron chi connectivity index (χ0n) is 20.1. The fraction of sp³-hybridized carbons (Fsp3) is 0.379. The van der Waals surface area contributed by atoms with Gasteiger partial charge in [0, 0.05) is 16.5 Å². The molecule has 0 spiro atoms. The predicted molar refractivity (Wildman–Crippen MR) is 139 cm³/mol. The van der Waals surface area contributed by atoms with Gasteiger partial charge in [-0.1, -0.05) is 74.0 Å². The molecule has 0 unspecified atom stereocenters. The largest absolute Gasteiger partial charge is 0.252 e. The molecule has 32 heavy (non-hydrogen) atoms. The van der Waals surface area contributed by atoms with Gasteiger partial charge in [0.05, 0.1) is 22.8 Å². The first-order valence-electron chi connectivity index (χ1n) is 11.7. The molecule has 3 heteroatoms. The molecule has 0 fully saturated rings. The van der Waals surface area contributed by atoms with E-state index in [9.17, 15) is 0 Å². The first-order chi connectivity index (χ1) is 15.2. The topological polar surface area (TPSA) is 24.7 Å². The van der Waals surface area contributed by atoms with Crippen LogP contribution in [0.5, 0.6) is 0 Å². The molecule has 0 radical (unpaired) electrons. The third-order valence-corrected chi connectivity index (χ3v) is 5.34. The molecule has 0 saturated heterocycles. The van der Waals surface area contributed by atoms with Crippen molar-refractivity contribution in [2.24, 2.45) is 9.98 Å². The van der Waals surface area contributed by atoms with Crippen LogP contribution in [0, 0.1) is 0 Å². The van der Waals surface area contributed by atoms with Gasteiger partial charge in [0.15, 0.2) is 0 Å². The smallest absolute Gasteiger partial charge is 0.0665 e. The number of rotatable bonds is 12. The van der Waals surface area contributed by atoms with Gasteiger partial charge < -0.3 is 0 Å². The maximum Gasteiger partial charge on any atom is 0.0665 e. The van der Waals surface area contributed by atoms with E-state index in [4.69, 9.17) is 9.98 Å². The van der Waals surface area contributed by atoms with Gasteiger partial charge in [-0.2, -0.15) is 0 Å². The molecular formula is C29H38N2Ni. The van der Waals surface area contributed by atoms with Crippen LogP contribution < -0.4 is 0 Å². The molecular weight excluding hydrogens is 435 g/mol. The van der Waals surface area contributed by atoms with Gasteiger partial charge in [0.2, 0.25) is 0 Å². The van der Waals surface area contributed by atoms with Gasteiger partial charge in [0.25, 0.3) is 0 Å². The summed E-state index contributed by atoms with van der Waals surface area (Å²) in [5, 5.41) is 0. The molecule has 0 aliphatic carbocycles. The third kappa shape index (κ3) is 9.49. The molecule has 2 rings (SSSR count). The number of aryl methyl sites for hydroxylation is 2. The van der Waals surface area contributed by atoms with E-state index in [0.29, 0.717) is 0 Å². The van der Waals surface area contributed by atoms with Crippen molar-refractivity contribution in [3.8, 4) is 0 Å². The molecule has 2 nitrogen and oxygen atoms in total. The Morgan fingerprint density at radius 1 is 0.781 bits per heavy atom. The minimum absolute atomic E-state index is 0. The molecule has 0 aliphatic rings. The quantitative estimate of drug-likeness (QED) is 0.167. The maximum absolute atomic E-state index is 5.13. The molecule has 0 saturated carbocycles. The molecule has 0 N–H and O–H groups in total. The zero-order valence-corrected chi connectivity index (χ0v) is 21.1. The van der Waals surface area contributed by atoms with Crippen molar-refractivity contribution in [3.05, 3.63) is 84.0 Å². The van der Waals surface area contributed by atoms with E-state index in [-0.39, 0.29) is 16.5 Å². The summed E-state index contributed by atoms with van der Waals surface area (Å²) < 4.78 is 0. The van der Waals surface area contributed by atoms with Crippen LogP contribution in [0.15, 0.2) is 82.8 Å². The van der Waals surface area contributed by atoms with Crippen LogP contribution >= 0.6 is 0 Å². The number of unbranched alkanes of at least 4 members (excludes halogenated alkanes) is 1. The van der Waals surface area contributed by atoms with Crippen molar-refractivity contribution in [2.75, 3.05) is 0 Å². The molecule has 2 aromatic carbocycles. The summed E-state index contributed by atoms with van der Waals surface area (Å²) in [6.07, 6.45) is 16.0. The average molecular weight is 473 g/mol. The molecule has 0 bridgehead atoms. The van der Waals surface area contributed by atoms with E-state index < -0.39 is 0 Å². The Morgan fingerprint density at radius 2 is 1.28 bits per heavy atom. The Labute approximate surface area is 205 Å². The van der Waals surface area contributed by atoms with E-state index >= 15 is 0 Å². The van der Waals surface area contributed by atoms with Gasteiger partial charge in [0.1, 0.15) is 0 Å². The molecule has 174 valence electrons. The van der Waals surface area contributed by atoms with Crippen molar-refractivity contribution >= 4 is 22.8 Å². The molecule has 0 amide bonds. The monoisotopic (exact) mass is 472 g/mol. The Kier molecular flexibility index (Phi) is 14.2. The number of allylic oxidation sites excluding steroid dienone is 4. The predicted octanol–water partition coefficient (Wildman–Crippen LogP) is 8.76. The van der Waals surface area contributed by atoms with E-state index in [1.165, 1.54) is 11.1 Å². The maximum atomic E-state index is 5.13. The van der Waals surface area contributed by atoms with Gasteiger partial charge in [-0.05, 0) is 82.6 Å². The summed E-state index contributed by atoms with van der Waals surface area (Å²) in [6.45, 7) is 8.48. The molecule has 2 aromatic rings. The van der Waals surface area contributed by atoms with Gasteiger partial charge >= 0.3 is 0 Å². The summed E-state index contributed by atoms with van der Waals surface area (Å²) in [5.41, 5.74) is 6.86. The summed E-state index contributed by atoms with van der Waals surface area (Å²) >= 11 is 0. The summed E-state index contributed by atoms with van der Waals surface area (Å²) in [6, 6.07) is 17.0.